The van der Waals surface area contributed by atoms with Crippen molar-refractivity contribution < 1.29 is 13.2 Å². The smallest absolute Gasteiger partial charge is 0.147 e. The molecule has 2 unspecified atom stereocenters. The predicted molar refractivity (Wildman–Crippen MR) is 56.5 cm³/mol. The largest absolute Gasteiger partial charge is 0.380 e. The molecule has 6 heteroatoms. The van der Waals surface area contributed by atoms with E-state index in [0.717, 1.165) is 6.42 Å². The Hall–Kier alpha value is -0.170. The van der Waals surface area contributed by atoms with Gasteiger partial charge in [-0.05, 0) is 12.8 Å². The van der Waals surface area contributed by atoms with Gasteiger partial charge in [0, 0.05) is 19.4 Å². The summed E-state index contributed by atoms with van der Waals surface area (Å²) in [6, 6.07) is -0.111. The molecule has 3 N–H and O–H groups in total. The maximum Gasteiger partial charge on any atom is 0.147 e. The van der Waals surface area contributed by atoms with Crippen molar-refractivity contribution in [3.05, 3.63) is 0 Å². The first-order valence-corrected chi connectivity index (χ1v) is 6.67. The Morgan fingerprint density at radius 2 is 2.07 bits per heavy atom. The first-order valence-electron chi connectivity index (χ1n) is 4.61. The van der Waals surface area contributed by atoms with E-state index in [1.807, 2.05) is 6.92 Å². The second-order valence-electron chi connectivity index (χ2n) is 3.37. The highest BCUT2D eigenvalue weighted by molar-refractivity contribution is 7.90. The molecule has 0 spiro atoms. The molecule has 14 heavy (non-hydrogen) atoms. The standard InChI is InChI=1S/C8H20N2O3S/c1-4-8(13-2)7(10-9)5-6-14(3,11)12/h7-8,10H,4-6,9H2,1-3H3. The molecule has 0 aliphatic carbocycles. The maximum atomic E-state index is 10.9. The zero-order valence-corrected chi connectivity index (χ0v) is 9.80. The van der Waals surface area contributed by atoms with Gasteiger partial charge in [-0.2, -0.15) is 0 Å². The fourth-order valence-corrected chi connectivity index (χ4v) is 2.02. The first kappa shape index (κ1) is 13.8. The minimum absolute atomic E-state index is 0.0400. The van der Waals surface area contributed by atoms with Crippen LogP contribution in [0.4, 0.5) is 0 Å². The molecule has 0 amide bonds. The van der Waals surface area contributed by atoms with Crippen molar-refractivity contribution in [3.8, 4) is 0 Å². The lowest BCUT2D eigenvalue weighted by molar-refractivity contribution is 0.0643. The fraction of sp³-hybridized carbons (Fsp3) is 1.00. The van der Waals surface area contributed by atoms with E-state index in [2.05, 4.69) is 5.43 Å². The van der Waals surface area contributed by atoms with Crippen LogP contribution in [0.5, 0.6) is 0 Å². The molecule has 0 aromatic carbocycles. The Morgan fingerprint density at radius 1 is 1.50 bits per heavy atom. The Balaban J connectivity index is 4.14. The highest BCUT2D eigenvalue weighted by Crippen LogP contribution is 2.07. The van der Waals surface area contributed by atoms with Crippen LogP contribution >= 0.6 is 0 Å². The number of hydrogen-bond donors (Lipinski definition) is 2. The molecule has 0 aromatic rings. The summed E-state index contributed by atoms with van der Waals surface area (Å²) in [6.45, 7) is 1.97. The molecular weight excluding hydrogens is 204 g/mol. The van der Waals surface area contributed by atoms with E-state index in [0.29, 0.717) is 6.42 Å². The van der Waals surface area contributed by atoms with E-state index in [1.165, 1.54) is 6.26 Å². The van der Waals surface area contributed by atoms with Crippen LogP contribution in [0.15, 0.2) is 0 Å². The molecule has 0 fully saturated rings. The second-order valence-corrected chi connectivity index (χ2v) is 5.63. The van der Waals surface area contributed by atoms with E-state index in [4.69, 9.17) is 10.6 Å². The average Bonchev–Trinajstić information content (AvgIpc) is 2.10. The number of hydrogen-bond acceptors (Lipinski definition) is 5. The van der Waals surface area contributed by atoms with Gasteiger partial charge < -0.3 is 4.74 Å². The Bertz CT molecular complexity index is 237. The lowest BCUT2D eigenvalue weighted by Crippen LogP contribution is -2.45. The van der Waals surface area contributed by atoms with Gasteiger partial charge in [0.2, 0.25) is 0 Å². The maximum absolute atomic E-state index is 10.9. The van der Waals surface area contributed by atoms with Crippen LogP contribution in [0, 0.1) is 0 Å². The van der Waals surface area contributed by atoms with Gasteiger partial charge in [-0.15, -0.1) is 0 Å². The van der Waals surface area contributed by atoms with Crippen molar-refractivity contribution in [2.24, 2.45) is 5.84 Å². The molecule has 0 radical (unpaired) electrons. The van der Waals surface area contributed by atoms with Gasteiger partial charge in [-0.1, -0.05) is 6.92 Å². The summed E-state index contributed by atoms with van der Waals surface area (Å²) in [4.78, 5) is 0. The molecule has 86 valence electrons. The van der Waals surface area contributed by atoms with Gasteiger partial charge in [-0.3, -0.25) is 11.3 Å². The average molecular weight is 224 g/mol. The third kappa shape index (κ3) is 5.54. The minimum Gasteiger partial charge on any atom is -0.380 e. The molecule has 0 rings (SSSR count). The highest BCUT2D eigenvalue weighted by atomic mass is 32.2. The monoisotopic (exact) mass is 224 g/mol. The van der Waals surface area contributed by atoms with Crippen molar-refractivity contribution in [1.29, 1.82) is 0 Å². The number of ether oxygens (including phenoxy) is 1. The summed E-state index contributed by atoms with van der Waals surface area (Å²) in [5.41, 5.74) is 2.59. The first-order chi connectivity index (χ1) is 6.44. The highest BCUT2D eigenvalue weighted by Gasteiger charge is 2.19. The van der Waals surface area contributed by atoms with Gasteiger partial charge in [-0.25, -0.2) is 8.42 Å². The summed E-state index contributed by atoms with van der Waals surface area (Å²) in [5, 5.41) is 0. The summed E-state index contributed by atoms with van der Waals surface area (Å²) in [6.07, 6.45) is 2.45. The van der Waals surface area contributed by atoms with E-state index in [1.54, 1.807) is 7.11 Å². The molecular formula is C8H20N2O3S. The number of nitrogens with two attached hydrogens (primary N) is 1. The minimum atomic E-state index is -2.93. The number of methoxy groups -OCH3 is 1. The van der Waals surface area contributed by atoms with E-state index < -0.39 is 9.84 Å². The van der Waals surface area contributed by atoms with Gasteiger partial charge >= 0.3 is 0 Å². The summed E-state index contributed by atoms with van der Waals surface area (Å²) < 4.78 is 27.1. The van der Waals surface area contributed by atoms with Crippen LogP contribution in [0.1, 0.15) is 19.8 Å². The molecule has 0 saturated carbocycles. The van der Waals surface area contributed by atoms with Crippen LogP contribution in [0.3, 0.4) is 0 Å². The molecule has 0 aliphatic heterocycles. The number of hydrazine groups is 1. The van der Waals surface area contributed by atoms with Gasteiger partial charge in [0.1, 0.15) is 9.84 Å². The molecule has 0 saturated heterocycles. The van der Waals surface area contributed by atoms with Crippen molar-refractivity contribution in [3.63, 3.8) is 0 Å². The molecule has 5 nitrogen and oxygen atoms in total. The number of nitrogens with one attached hydrogen (secondary N) is 1. The quantitative estimate of drug-likeness (QED) is 0.457. The third-order valence-electron chi connectivity index (χ3n) is 2.17. The number of sulfone groups is 1. The molecule has 0 bridgehead atoms. The summed E-state index contributed by atoms with van der Waals surface area (Å²) in [5.74, 6) is 5.46. The number of rotatable bonds is 7. The summed E-state index contributed by atoms with van der Waals surface area (Å²) >= 11 is 0. The second kappa shape index (κ2) is 6.34. The van der Waals surface area contributed by atoms with Crippen LogP contribution in [-0.4, -0.2) is 39.7 Å². The topological polar surface area (TPSA) is 81.4 Å². The lowest BCUT2D eigenvalue weighted by atomic mass is 10.1. The lowest BCUT2D eigenvalue weighted by Gasteiger charge is -2.23. The van der Waals surface area contributed by atoms with Gasteiger partial charge in [0.15, 0.2) is 0 Å². The van der Waals surface area contributed by atoms with E-state index in [9.17, 15) is 8.42 Å². The van der Waals surface area contributed by atoms with E-state index >= 15 is 0 Å². The van der Waals surface area contributed by atoms with Crippen molar-refractivity contribution in [1.82, 2.24) is 5.43 Å². The predicted octanol–water partition coefficient (Wildman–Crippen LogP) is -0.322. The third-order valence-corrected chi connectivity index (χ3v) is 3.14. The molecule has 0 aromatic heterocycles. The van der Waals surface area contributed by atoms with Crippen molar-refractivity contribution in [2.45, 2.75) is 31.9 Å². The van der Waals surface area contributed by atoms with Crippen LogP contribution < -0.4 is 11.3 Å². The van der Waals surface area contributed by atoms with Gasteiger partial charge in [0.05, 0.1) is 11.9 Å². The molecule has 0 aliphatic rings. The van der Waals surface area contributed by atoms with E-state index in [-0.39, 0.29) is 17.9 Å². The Morgan fingerprint density at radius 3 is 2.36 bits per heavy atom. The van der Waals surface area contributed by atoms with Crippen LogP contribution in [0.25, 0.3) is 0 Å². The van der Waals surface area contributed by atoms with Crippen LogP contribution in [0.2, 0.25) is 0 Å². The zero-order valence-electron chi connectivity index (χ0n) is 8.99. The van der Waals surface area contributed by atoms with Gasteiger partial charge in [0.25, 0.3) is 0 Å². The normalized spacial score (nSPS) is 16.6. The fourth-order valence-electron chi connectivity index (χ4n) is 1.33. The zero-order chi connectivity index (χ0) is 11.2. The Kier molecular flexibility index (Phi) is 6.26. The van der Waals surface area contributed by atoms with Crippen molar-refractivity contribution in [2.75, 3.05) is 19.1 Å². The molecule has 0 heterocycles. The van der Waals surface area contributed by atoms with Crippen molar-refractivity contribution >= 4 is 9.84 Å². The SMILES string of the molecule is CCC(OC)C(CCS(C)(=O)=O)NN. The van der Waals surface area contributed by atoms with Crippen LogP contribution in [-0.2, 0) is 14.6 Å². The Labute approximate surface area is 85.9 Å². The summed E-state index contributed by atoms with van der Waals surface area (Å²) in [7, 11) is -1.33. The molecule has 2 atom stereocenters.